The average Bonchev–Trinajstić information content (AvgIpc) is 3.42. The summed E-state index contributed by atoms with van der Waals surface area (Å²) in [4.78, 5) is 16.8. The Bertz CT molecular complexity index is 963. The Kier molecular flexibility index (Phi) is 5.99. The minimum atomic E-state index is -0.104. The molecule has 3 aromatic rings. The number of nitrogens with zero attached hydrogens (tertiary/aromatic N) is 4. The van der Waals surface area contributed by atoms with Crippen LogP contribution in [0.25, 0.3) is 11.3 Å². The molecule has 2 aromatic heterocycles. The zero-order valence-electron chi connectivity index (χ0n) is 15.4. The van der Waals surface area contributed by atoms with Crippen LogP contribution in [0.2, 0.25) is 5.02 Å². The fourth-order valence-electron chi connectivity index (χ4n) is 3.36. The van der Waals surface area contributed by atoms with Crippen molar-refractivity contribution in [1.82, 2.24) is 19.7 Å². The van der Waals surface area contributed by atoms with E-state index in [1.807, 2.05) is 41.3 Å². The minimum absolute atomic E-state index is 0.104. The van der Waals surface area contributed by atoms with Crippen molar-refractivity contribution in [3.05, 3.63) is 40.5 Å². The van der Waals surface area contributed by atoms with Crippen LogP contribution in [0.4, 0.5) is 5.13 Å². The van der Waals surface area contributed by atoms with E-state index in [4.69, 9.17) is 11.6 Å². The topological polar surface area (TPSA) is 72.7 Å². The third-order valence-corrected chi connectivity index (χ3v) is 6.84. The van der Waals surface area contributed by atoms with Gasteiger partial charge in [0.15, 0.2) is 10.3 Å². The number of halogens is 1. The van der Waals surface area contributed by atoms with Gasteiger partial charge in [-0.05, 0) is 25.0 Å². The van der Waals surface area contributed by atoms with Gasteiger partial charge in [-0.15, -0.1) is 21.5 Å². The number of nitrogens with one attached hydrogen (secondary N) is 1. The van der Waals surface area contributed by atoms with Crippen molar-refractivity contribution in [1.29, 1.82) is 0 Å². The third kappa shape index (κ3) is 4.39. The highest BCUT2D eigenvalue weighted by molar-refractivity contribution is 7.99. The molecule has 4 rings (SSSR count). The van der Waals surface area contributed by atoms with E-state index >= 15 is 0 Å². The summed E-state index contributed by atoms with van der Waals surface area (Å²) in [5.41, 5.74) is 1.79. The summed E-state index contributed by atoms with van der Waals surface area (Å²) in [6.45, 7) is 0. The van der Waals surface area contributed by atoms with Gasteiger partial charge in [0.05, 0.1) is 11.4 Å². The van der Waals surface area contributed by atoms with Crippen molar-refractivity contribution in [3.63, 3.8) is 0 Å². The minimum Gasteiger partial charge on any atom is -0.309 e. The Labute approximate surface area is 176 Å². The van der Waals surface area contributed by atoms with Crippen molar-refractivity contribution in [3.8, 4) is 11.3 Å². The van der Waals surface area contributed by atoms with Crippen LogP contribution in [0.5, 0.6) is 0 Å². The molecule has 1 N–H and O–H groups in total. The number of aromatic nitrogens is 4. The van der Waals surface area contributed by atoms with E-state index < -0.39 is 0 Å². The van der Waals surface area contributed by atoms with Gasteiger partial charge in [0.25, 0.3) is 0 Å². The molecule has 0 radical (unpaired) electrons. The Morgan fingerprint density at radius 1 is 1.29 bits per heavy atom. The lowest BCUT2D eigenvalue weighted by Gasteiger charge is -2.08. The number of thiazole rings is 1. The first-order valence-corrected chi connectivity index (χ1v) is 11.4. The van der Waals surface area contributed by atoms with Gasteiger partial charge in [-0.1, -0.05) is 48.3 Å². The molecule has 146 valence electrons. The van der Waals surface area contributed by atoms with Crippen molar-refractivity contribution in [2.75, 3.05) is 11.1 Å². The lowest BCUT2D eigenvalue weighted by Crippen LogP contribution is -2.14. The highest BCUT2D eigenvalue weighted by Gasteiger charge is 2.23. The number of carbonyl (C=O) groups is 1. The Hall–Kier alpha value is -1.90. The molecule has 6 nitrogen and oxygen atoms in total. The largest absolute Gasteiger partial charge is 0.309 e. The number of thioether (sulfide) groups is 1. The predicted molar refractivity (Wildman–Crippen MR) is 114 cm³/mol. The summed E-state index contributed by atoms with van der Waals surface area (Å²) in [6.07, 6.45) is 4.87. The Balaban J connectivity index is 1.33. The fraction of sp³-hybridized carbons (Fsp3) is 0.368. The number of anilines is 1. The molecule has 2 heterocycles. The van der Waals surface area contributed by atoms with Crippen LogP contribution >= 0.6 is 34.7 Å². The van der Waals surface area contributed by atoms with E-state index in [-0.39, 0.29) is 11.7 Å². The van der Waals surface area contributed by atoms with Crippen LogP contribution in [0.15, 0.2) is 34.8 Å². The molecular formula is C19H20ClN5OS2. The van der Waals surface area contributed by atoms with E-state index in [0.29, 0.717) is 16.1 Å². The second kappa shape index (κ2) is 8.63. The molecule has 1 saturated carbocycles. The monoisotopic (exact) mass is 433 g/mol. The molecule has 0 atom stereocenters. The van der Waals surface area contributed by atoms with Crippen LogP contribution in [-0.4, -0.2) is 31.4 Å². The van der Waals surface area contributed by atoms with Crippen LogP contribution in [0, 0.1) is 0 Å². The van der Waals surface area contributed by atoms with E-state index in [1.165, 1.54) is 48.8 Å². The molecule has 0 unspecified atom stereocenters. The zero-order chi connectivity index (χ0) is 19.5. The third-order valence-electron chi connectivity index (χ3n) is 4.81. The molecule has 0 spiro atoms. The number of hydrogen-bond acceptors (Lipinski definition) is 6. The second-order valence-electron chi connectivity index (χ2n) is 6.76. The summed E-state index contributed by atoms with van der Waals surface area (Å²) in [5.74, 6) is 1.70. The molecule has 0 bridgehead atoms. The number of benzene rings is 1. The molecule has 28 heavy (non-hydrogen) atoms. The van der Waals surface area contributed by atoms with E-state index in [0.717, 1.165) is 22.2 Å². The lowest BCUT2D eigenvalue weighted by atomic mass is 10.1. The van der Waals surface area contributed by atoms with Gasteiger partial charge in [-0.25, -0.2) is 4.98 Å². The molecule has 1 fully saturated rings. The molecule has 1 aliphatic rings. The van der Waals surface area contributed by atoms with Crippen LogP contribution in [0.1, 0.15) is 37.4 Å². The lowest BCUT2D eigenvalue weighted by molar-refractivity contribution is -0.113. The van der Waals surface area contributed by atoms with E-state index in [9.17, 15) is 4.79 Å². The predicted octanol–water partition coefficient (Wildman–Crippen LogP) is 4.98. The zero-order valence-corrected chi connectivity index (χ0v) is 17.8. The van der Waals surface area contributed by atoms with Gasteiger partial charge in [0.2, 0.25) is 5.91 Å². The molecule has 1 amide bonds. The summed E-state index contributed by atoms with van der Waals surface area (Å²) in [5, 5.41) is 15.4. The summed E-state index contributed by atoms with van der Waals surface area (Å²) in [7, 11) is 1.98. The normalized spacial score (nSPS) is 14.5. The summed E-state index contributed by atoms with van der Waals surface area (Å²) < 4.78 is 2.02. The highest BCUT2D eigenvalue weighted by atomic mass is 35.5. The van der Waals surface area contributed by atoms with Crippen LogP contribution in [-0.2, 0) is 11.8 Å². The summed E-state index contributed by atoms with van der Waals surface area (Å²) >= 11 is 8.72. The SMILES string of the molecule is Cn1c(SCC(=O)Nc2nc(-c3ccc(Cl)cc3)cs2)nnc1C1CCCC1. The molecule has 9 heteroatoms. The van der Waals surface area contributed by atoms with Gasteiger partial charge in [0, 0.05) is 28.9 Å². The number of amides is 1. The van der Waals surface area contributed by atoms with Crippen molar-refractivity contribution in [2.24, 2.45) is 7.05 Å². The Morgan fingerprint density at radius 2 is 2.04 bits per heavy atom. The maximum atomic E-state index is 12.3. The van der Waals surface area contributed by atoms with E-state index in [2.05, 4.69) is 20.5 Å². The van der Waals surface area contributed by atoms with Gasteiger partial charge < -0.3 is 9.88 Å². The molecular weight excluding hydrogens is 414 g/mol. The number of carbonyl (C=O) groups excluding carboxylic acids is 1. The summed E-state index contributed by atoms with van der Waals surface area (Å²) in [6, 6.07) is 7.47. The van der Waals surface area contributed by atoms with Crippen molar-refractivity contribution < 1.29 is 4.79 Å². The van der Waals surface area contributed by atoms with Crippen molar-refractivity contribution in [2.45, 2.75) is 36.8 Å². The Morgan fingerprint density at radius 3 is 2.79 bits per heavy atom. The second-order valence-corrected chi connectivity index (χ2v) is 9.00. The smallest absolute Gasteiger partial charge is 0.236 e. The van der Waals surface area contributed by atoms with Gasteiger partial charge in [-0.2, -0.15) is 0 Å². The quantitative estimate of drug-likeness (QED) is 0.555. The first-order chi connectivity index (χ1) is 13.6. The first-order valence-electron chi connectivity index (χ1n) is 9.13. The average molecular weight is 434 g/mol. The molecule has 0 aliphatic heterocycles. The standard InChI is InChI=1S/C19H20ClN5OS2/c1-25-17(13-4-2-3-5-13)23-24-19(25)28-11-16(26)22-18-21-15(10-27-18)12-6-8-14(20)9-7-12/h6-10,13H,2-5,11H2,1H3,(H,21,22,26). The first kappa shape index (κ1) is 19.4. The van der Waals surface area contributed by atoms with Crippen LogP contribution in [0.3, 0.4) is 0 Å². The molecule has 1 aromatic carbocycles. The highest BCUT2D eigenvalue weighted by Crippen LogP contribution is 2.34. The van der Waals surface area contributed by atoms with E-state index in [1.54, 1.807) is 0 Å². The maximum absolute atomic E-state index is 12.3. The molecule has 0 saturated heterocycles. The van der Waals surface area contributed by atoms with Gasteiger partial charge in [-0.3, -0.25) is 4.79 Å². The van der Waals surface area contributed by atoms with Gasteiger partial charge in [0.1, 0.15) is 5.82 Å². The van der Waals surface area contributed by atoms with Crippen LogP contribution < -0.4 is 5.32 Å². The maximum Gasteiger partial charge on any atom is 0.236 e. The number of hydrogen-bond donors (Lipinski definition) is 1. The molecule has 1 aliphatic carbocycles. The van der Waals surface area contributed by atoms with Crippen molar-refractivity contribution >= 4 is 45.7 Å². The van der Waals surface area contributed by atoms with Gasteiger partial charge >= 0.3 is 0 Å². The fourth-order valence-corrected chi connectivity index (χ4v) is 4.94. The number of rotatable bonds is 6.